The fraction of sp³-hybridized carbons (Fsp3) is 0.217. The van der Waals surface area contributed by atoms with Crippen LogP contribution in [0.4, 0.5) is 9.39 Å². The molecule has 3 aromatic heterocycles. The van der Waals surface area contributed by atoms with Crippen molar-refractivity contribution in [1.29, 1.82) is 0 Å². The Balaban J connectivity index is 1.33. The first-order valence-electron chi connectivity index (χ1n) is 10.4. The third-order valence-electron chi connectivity index (χ3n) is 5.42. The van der Waals surface area contributed by atoms with Gasteiger partial charge in [0.1, 0.15) is 22.2 Å². The molecule has 4 aromatic rings. The van der Waals surface area contributed by atoms with Gasteiger partial charge in [-0.3, -0.25) is 9.59 Å². The van der Waals surface area contributed by atoms with Crippen LogP contribution in [0, 0.1) is 5.82 Å². The zero-order valence-electron chi connectivity index (χ0n) is 17.4. The van der Waals surface area contributed by atoms with Crippen LogP contribution in [0.2, 0.25) is 0 Å². The summed E-state index contributed by atoms with van der Waals surface area (Å²) in [6.45, 7) is 0. The highest BCUT2D eigenvalue weighted by Gasteiger charge is 2.25. The third-order valence-corrected chi connectivity index (χ3v) is 8.92. The number of thiophene rings is 2. The van der Waals surface area contributed by atoms with Crippen LogP contribution in [0.5, 0.6) is 0 Å². The molecule has 5 rings (SSSR count). The number of nitrogens with zero attached hydrogens (tertiary/aromatic N) is 2. The molecule has 0 fully saturated rings. The number of hydrogen-bond donors (Lipinski definition) is 2. The number of amides is 2. The van der Waals surface area contributed by atoms with Crippen LogP contribution in [0.15, 0.2) is 41.7 Å². The van der Waals surface area contributed by atoms with Crippen LogP contribution < -0.4 is 11.1 Å². The second kappa shape index (κ2) is 9.20. The van der Waals surface area contributed by atoms with E-state index in [-0.39, 0.29) is 17.5 Å². The van der Waals surface area contributed by atoms with Crippen LogP contribution in [-0.2, 0) is 17.6 Å². The van der Waals surface area contributed by atoms with E-state index in [0.717, 1.165) is 56.8 Å². The highest BCUT2D eigenvalue weighted by atomic mass is 32.2. The van der Waals surface area contributed by atoms with E-state index in [1.807, 2.05) is 6.07 Å². The van der Waals surface area contributed by atoms with Gasteiger partial charge in [-0.15, -0.1) is 22.7 Å². The number of nitrogens with two attached hydrogens (primary N) is 1. The van der Waals surface area contributed by atoms with Crippen LogP contribution in [-0.4, -0.2) is 27.5 Å². The lowest BCUT2D eigenvalue weighted by atomic mass is 9.95. The largest absolute Gasteiger partial charge is 0.365 e. The molecule has 3 N–H and O–H groups in total. The van der Waals surface area contributed by atoms with E-state index in [1.165, 1.54) is 52.9 Å². The first-order chi connectivity index (χ1) is 16.0. The quantitative estimate of drug-likeness (QED) is 0.279. The van der Waals surface area contributed by atoms with Gasteiger partial charge in [-0.05, 0) is 55.0 Å². The van der Waals surface area contributed by atoms with Crippen molar-refractivity contribution in [2.45, 2.75) is 30.7 Å². The molecule has 1 aliphatic rings. The summed E-state index contributed by atoms with van der Waals surface area (Å²) in [6, 6.07) is 8.24. The van der Waals surface area contributed by atoms with E-state index in [9.17, 15) is 14.0 Å². The van der Waals surface area contributed by atoms with E-state index in [1.54, 1.807) is 12.1 Å². The van der Waals surface area contributed by atoms with Gasteiger partial charge in [-0.25, -0.2) is 14.4 Å². The molecule has 10 heteroatoms. The topological polar surface area (TPSA) is 98.0 Å². The van der Waals surface area contributed by atoms with Gasteiger partial charge >= 0.3 is 0 Å². The lowest BCUT2D eigenvalue weighted by Gasteiger charge is -2.11. The molecule has 33 heavy (non-hydrogen) atoms. The predicted octanol–water partition coefficient (Wildman–Crippen LogP) is 5.27. The Bertz CT molecular complexity index is 1360. The van der Waals surface area contributed by atoms with Gasteiger partial charge in [-0.1, -0.05) is 23.9 Å². The van der Waals surface area contributed by atoms with Gasteiger partial charge in [0.2, 0.25) is 5.91 Å². The minimum atomic E-state index is -0.498. The highest BCUT2D eigenvalue weighted by Crippen LogP contribution is 2.39. The Hall–Kier alpha value is -2.82. The van der Waals surface area contributed by atoms with Crippen molar-refractivity contribution in [2.75, 3.05) is 11.1 Å². The van der Waals surface area contributed by atoms with E-state index in [2.05, 4.69) is 15.3 Å². The number of anilines is 1. The van der Waals surface area contributed by atoms with Crippen molar-refractivity contribution in [3.8, 4) is 10.4 Å². The first-order valence-corrected chi connectivity index (χ1v) is 13.0. The number of hydrogen-bond acceptors (Lipinski definition) is 7. The molecule has 0 spiro atoms. The molecule has 168 valence electrons. The second-order valence-corrected chi connectivity index (χ2v) is 10.7. The fourth-order valence-electron chi connectivity index (χ4n) is 3.90. The maximum absolute atomic E-state index is 13.3. The molecular weight excluding hydrogens is 479 g/mol. The van der Waals surface area contributed by atoms with Gasteiger partial charge in [-0.2, -0.15) is 0 Å². The summed E-state index contributed by atoms with van der Waals surface area (Å²) in [5.41, 5.74) is 8.74. The van der Waals surface area contributed by atoms with Crippen molar-refractivity contribution in [3.63, 3.8) is 0 Å². The van der Waals surface area contributed by atoms with Gasteiger partial charge in [0, 0.05) is 9.75 Å². The number of thioether (sulfide) groups is 1. The highest BCUT2D eigenvalue weighted by molar-refractivity contribution is 8.00. The number of benzene rings is 1. The van der Waals surface area contributed by atoms with Crippen LogP contribution in [0.1, 0.15) is 33.6 Å². The molecule has 0 saturated carbocycles. The summed E-state index contributed by atoms with van der Waals surface area (Å²) in [7, 11) is 0. The van der Waals surface area contributed by atoms with Crippen molar-refractivity contribution in [3.05, 3.63) is 58.5 Å². The average Bonchev–Trinajstić information content (AvgIpc) is 3.39. The first kappa shape index (κ1) is 22.0. The zero-order valence-corrected chi connectivity index (χ0v) is 19.8. The predicted molar refractivity (Wildman–Crippen MR) is 132 cm³/mol. The van der Waals surface area contributed by atoms with Crippen LogP contribution in [0.3, 0.4) is 0 Å². The van der Waals surface area contributed by atoms with E-state index in [0.29, 0.717) is 15.6 Å². The fourth-order valence-corrected chi connectivity index (χ4v) is 7.21. The maximum Gasteiger partial charge on any atom is 0.251 e. The van der Waals surface area contributed by atoms with Crippen LogP contribution in [0.25, 0.3) is 20.7 Å². The molecule has 0 atom stereocenters. The monoisotopic (exact) mass is 498 g/mol. The zero-order chi connectivity index (χ0) is 22.9. The molecule has 0 saturated heterocycles. The van der Waals surface area contributed by atoms with Gasteiger partial charge in [0.15, 0.2) is 0 Å². The minimum absolute atomic E-state index is 0.136. The van der Waals surface area contributed by atoms with Gasteiger partial charge in [0.25, 0.3) is 5.91 Å². The summed E-state index contributed by atoms with van der Waals surface area (Å²) < 4.78 is 14.1. The molecule has 6 nitrogen and oxygen atoms in total. The van der Waals surface area contributed by atoms with Crippen molar-refractivity contribution in [2.24, 2.45) is 5.73 Å². The number of aryl methyl sites for hydroxylation is 1. The molecule has 0 unspecified atom stereocenters. The lowest BCUT2D eigenvalue weighted by molar-refractivity contribution is -0.113. The lowest BCUT2D eigenvalue weighted by Crippen LogP contribution is -2.19. The van der Waals surface area contributed by atoms with E-state index in [4.69, 9.17) is 5.73 Å². The van der Waals surface area contributed by atoms with Crippen molar-refractivity contribution < 1.29 is 14.0 Å². The third kappa shape index (κ3) is 4.50. The molecule has 0 aliphatic heterocycles. The molecule has 0 radical (unpaired) electrons. The smallest absolute Gasteiger partial charge is 0.251 e. The number of halogens is 1. The minimum Gasteiger partial charge on any atom is -0.365 e. The van der Waals surface area contributed by atoms with E-state index < -0.39 is 5.91 Å². The average molecular weight is 499 g/mol. The number of carbonyl (C=O) groups excluding carboxylic acids is 2. The molecule has 1 aromatic carbocycles. The van der Waals surface area contributed by atoms with E-state index >= 15 is 0 Å². The summed E-state index contributed by atoms with van der Waals surface area (Å²) in [5, 5.41) is 4.13. The Morgan fingerprint density at radius 3 is 2.70 bits per heavy atom. The maximum atomic E-state index is 13.3. The van der Waals surface area contributed by atoms with Gasteiger partial charge < -0.3 is 11.1 Å². The molecule has 3 heterocycles. The molecule has 2 amide bonds. The summed E-state index contributed by atoms with van der Waals surface area (Å²) in [5.74, 6) is -0.866. The number of carbonyl (C=O) groups is 2. The number of aromatic nitrogens is 2. The second-order valence-electron chi connectivity index (χ2n) is 7.63. The molecule has 0 bridgehead atoms. The number of rotatable bonds is 6. The Morgan fingerprint density at radius 1 is 1.12 bits per heavy atom. The van der Waals surface area contributed by atoms with Crippen LogP contribution >= 0.6 is 34.4 Å². The van der Waals surface area contributed by atoms with Gasteiger partial charge in [0.05, 0.1) is 21.5 Å². The standard InChI is InChI=1S/C23H19FN4O2S3/c24-13-7-5-12(6-8-13)17-9-15-20(32-17)23(27-11-26-15)31-10-18(29)28-22-19(21(25)30)14-3-1-2-4-16(14)33-22/h5-9,11H,1-4,10H2,(H2,25,30)(H,28,29). The Morgan fingerprint density at radius 2 is 1.91 bits per heavy atom. The summed E-state index contributed by atoms with van der Waals surface area (Å²) in [6.07, 6.45) is 5.32. The Kier molecular flexibility index (Phi) is 6.13. The normalized spacial score (nSPS) is 13.1. The van der Waals surface area contributed by atoms with Crippen molar-refractivity contribution in [1.82, 2.24) is 9.97 Å². The summed E-state index contributed by atoms with van der Waals surface area (Å²) in [4.78, 5) is 35.5. The number of nitrogens with one attached hydrogen (secondary N) is 1. The van der Waals surface area contributed by atoms with Crippen molar-refractivity contribution >= 4 is 61.5 Å². The number of fused-ring (bicyclic) bond motifs is 2. The SMILES string of the molecule is NC(=O)c1c(NC(=O)CSc2ncnc3cc(-c4ccc(F)cc4)sc23)sc2c1CCCC2. The Labute approximate surface area is 201 Å². The number of primary amides is 1. The molecule has 1 aliphatic carbocycles. The molecular formula is C23H19FN4O2S3. The summed E-state index contributed by atoms with van der Waals surface area (Å²) >= 11 is 4.27.